The number of piperazine rings is 1. The summed E-state index contributed by atoms with van der Waals surface area (Å²) in [6.45, 7) is 8.27. The Morgan fingerprint density at radius 2 is 1.53 bits per heavy atom. The van der Waals surface area contributed by atoms with Gasteiger partial charge in [-0.15, -0.1) is 0 Å². The summed E-state index contributed by atoms with van der Waals surface area (Å²) >= 11 is 0. The van der Waals surface area contributed by atoms with Crippen LogP contribution in [0.25, 0.3) is 0 Å². The third-order valence-corrected chi connectivity index (χ3v) is 7.94. The van der Waals surface area contributed by atoms with Crippen LogP contribution in [0.1, 0.15) is 64.2 Å². The van der Waals surface area contributed by atoms with E-state index in [2.05, 4.69) is 47.7 Å². The SMILES string of the molecule is CN1CCN(c2nc(N)nc(NCC3CCC(CNCCCNC4CCCCC4)CC3)n2)CC1. The van der Waals surface area contributed by atoms with Gasteiger partial charge in [0.1, 0.15) is 0 Å². The van der Waals surface area contributed by atoms with Crippen LogP contribution in [-0.2, 0) is 0 Å². The van der Waals surface area contributed by atoms with Crippen molar-refractivity contribution < 1.29 is 0 Å². The van der Waals surface area contributed by atoms with Crippen molar-refractivity contribution in [2.75, 3.05) is 75.4 Å². The molecule has 0 atom stereocenters. The summed E-state index contributed by atoms with van der Waals surface area (Å²) in [5.74, 6) is 3.12. The minimum absolute atomic E-state index is 0.301. The highest BCUT2D eigenvalue weighted by atomic mass is 15.3. The van der Waals surface area contributed by atoms with Gasteiger partial charge in [-0.05, 0) is 83.5 Å². The van der Waals surface area contributed by atoms with Crippen LogP contribution in [0.5, 0.6) is 0 Å². The first-order chi connectivity index (χ1) is 16.7. The first-order valence-corrected chi connectivity index (χ1v) is 13.8. The van der Waals surface area contributed by atoms with E-state index >= 15 is 0 Å². The zero-order chi connectivity index (χ0) is 23.6. The quantitative estimate of drug-likeness (QED) is 0.360. The average molecular weight is 474 g/mol. The summed E-state index contributed by atoms with van der Waals surface area (Å²) in [6.07, 6.45) is 13.4. The fraction of sp³-hybridized carbons (Fsp3) is 0.880. The van der Waals surface area contributed by atoms with Gasteiger partial charge in [-0.3, -0.25) is 0 Å². The Hall–Kier alpha value is -1.71. The number of hydrogen-bond donors (Lipinski definition) is 4. The van der Waals surface area contributed by atoms with Gasteiger partial charge in [0.25, 0.3) is 0 Å². The van der Waals surface area contributed by atoms with Gasteiger partial charge in [-0.25, -0.2) is 0 Å². The minimum Gasteiger partial charge on any atom is -0.368 e. The lowest BCUT2D eigenvalue weighted by atomic mass is 9.82. The molecule has 0 amide bonds. The Labute approximate surface area is 206 Å². The zero-order valence-corrected chi connectivity index (χ0v) is 21.3. The topological polar surface area (TPSA) is 107 Å². The van der Waals surface area contributed by atoms with Crippen molar-refractivity contribution in [1.82, 2.24) is 30.5 Å². The number of nitrogens with two attached hydrogens (primary N) is 1. The van der Waals surface area contributed by atoms with E-state index in [9.17, 15) is 0 Å². The minimum atomic E-state index is 0.301. The number of nitrogen functional groups attached to an aromatic ring is 1. The number of anilines is 3. The molecule has 1 aromatic rings. The van der Waals surface area contributed by atoms with Crippen LogP contribution in [0.3, 0.4) is 0 Å². The molecule has 0 bridgehead atoms. The van der Waals surface area contributed by atoms with Crippen LogP contribution in [-0.4, -0.2) is 85.3 Å². The molecule has 34 heavy (non-hydrogen) atoms. The largest absolute Gasteiger partial charge is 0.368 e. The maximum absolute atomic E-state index is 5.98. The Balaban J connectivity index is 1.08. The summed E-state index contributed by atoms with van der Waals surface area (Å²) in [7, 11) is 2.15. The second kappa shape index (κ2) is 13.4. The maximum Gasteiger partial charge on any atom is 0.232 e. The number of nitrogens with one attached hydrogen (secondary N) is 3. The summed E-state index contributed by atoms with van der Waals surface area (Å²) in [5, 5.41) is 10.9. The third-order valence-electron chi connectivity index (χ3n) is 7.94. The molecule has 4 rings (SSSR count). The highest BCUT2D eigenvalue weighted by Gasteiger charge is 2.22. The van der Waals surface area contributed by atoms with Crippen molar-refractivity contribution in [3.8, 4) is 0 Å². The van der Waals surface area contributed by atoms with E-state index < -0.39 is 0 Å². The van der Waals surface area contributed by atoms with Gasteiger partial charge in [0, 0.05) is 38.8 Å². The molecule has 3 fully saturated rings. The third kappa shape index (κ3) is 8.20. The smallest absolute Gasteiger partial charge is 0.232 e. The van der Waals surface area contributed by atoms with Crippen LogP contribution in [0, 0.1) is 11.8 Å². The van der Waals surface area contributed by atoms with Crippen LogP contribution >= 0.6 is 0 Å². The van der Waals surface area contributed by atoms with Crippen LogP contribution < -0.4 is 26.6 Å². The molecule has 1 aliphatic heterocycles. The highest BCUT2D eigenvalue weighted by Crippen LogP contribution is 2.28. The van der Waals surface area contributed by atoms with Gasteiger partial charge < -0.3 is 31.5 Å². The van der Waals surface area contributed by atoms with E-state index in [1.165, 1.54) is 70.8 Å². The summed E-state index contributed by atoms with van der Waals surface area (Å²) < 4.78 is 0. The Morgan fingerprint density at radius 1 is 0.824 bits per heavy atom. The monoisotopic (exact) mass is 473 g/mol. The number of nitrogens with zero attached hydrogens (tertiary/aromatic N) is 5. The first-order valence-electron chi connectivity index (χ1n) is 13.8. The van der Waals surface area contributed by atoms with Crippen molar-refractivity contribution in [3.63, 3.8) is 0 Å². The van der Waals surface area contributed by atoms with E-state index in [0.717, 1.165) is 57.8 Å². The van der Waals surface area contributed by atoms with E-state index in [1.807, 2.05) is 0 Å². The molecule has 3 aliphatic rings. The first kappa shape index (κ1) is 25.4. The zero-order valence-electron chi connectivity index (χ0n) is 21.3. The van der Waals surface area contributed by atoms with Gasteiger partial charge in [0.05, 0.1) is 0 Å². The molecule has 5 N–H and O–H groups in total. The molecule has 0 aromatic carbocycles. The van der Waals surface area contributed by atoms with E-state index in [1.54, 1.807) is 0 Å². The molecule has 0 radical (unpaired) electrons. The predicted molar refractivity (Wildman–Crippen MR) is 140 cm³/mol. The Bertz CT molecular complexity index is 708. The van der Waals surface area contributed by atoms with Crippen LogP contribution in [0.4, 0.5) is 17.8 Å². The second-order valence-corrected chi connectivity index (χ2v) is 10.7. The summed E-state index contributed by atoms with van der Waals surface area (Å²) in [6, 6.07) is 0.782. The second-order valence-electron chi connectivity index (χ2n) is 10.7. The molecule has 192 valence electrons. The number of aromatic nitrogens is 3. The van der Waals surface area contributed by atoms with E-state index in [0.29, 0.717) is 23.8 Å². The lowest BCUT2D eigenvalue weighted by molar-refractivity contribution is 0.275. The Morgan fingerprint density at radius 3 is 2.26 bits per heavy atom. The Kier molecular flexibility index (Phi) is 10.0. The van der Waals surface area contributed by atoms with E-state index in [-0.39, 0.29) is 0 Å². The van der Waals surface area contributed by atoms with Crippen molar-refractivity contribution >= 4 is 17.8 Å². The fourth-order valence-electron chi connectivity index (χ4n) is 5.62. The molecule has 2 aliphatic carbocycles. The van der Waals surface area contributed by atoms with Crippen molar-refractivity contribution in [1.29, 1.82) is 0 Å². The number of rotatable bonds is 11. The number of hydrogen-bond acceptors (Lipinski definition) is 9. The predicted octanol–water partition coefficient (Wildman–Crippen LogP) is 2.33. The molecule has 1 saturated heterocycles. The molecular formula is C25H47N9. The number of likely N-dealkylation sites (N-methyl/N-ethyl adjacent to an activating group) is 1. The van der Waals surface area contributed by atoms with E-state index in [4.69, 9.17) is 5.73 Å². The molecule has 0 unspecified atom stereocenters. The summed E-state index contributed by atoms with van der Waals surface area (Å²) in [5.41, 5.74) is 5.98. The molecule has 1 aromatic heterocycles. The van der Waals surface area contributed by atoms with Gasteiger partial charge in [0.2, 0.25) is 17.8 Å². The maximum atomic E-state index is 5.98. The standard InChI is InChI=1S/C25H47N9/c1-33-14-16-34(17-15-33)25-31-23(26)30-24(32-25)29-19-21-10-8-20(9-11-21)18-27-12-5-13-28-22-6-3-2-4-7-22/h20-22,27-28H,2-19H2,1H3,(H3,26,29,30,31,32). The molecule has 9 heteroatoms. The van der Waals surface area contributed by atoms with Crippen LogP contribution in [0.2, 0.25) is 0 Å². The molecule has 2 saturated carbocycles. The molecule has 2 heterocycles. The van der Waals surface area contributed by atoms with Gasteiger partial charge in [-0.1, -0.05) is 19.3 Å². The lowest BCUT2D eigenvalue weighted by Gasteiger charge is -2.32. The van der Waals surface area contributed by atoms with Gasteiger partial charge in [-0.2, -0.15) is 15.0 Å². The fourth-order valence-corrected chi connectivity index (χ4v) is 5.62. The van der Waals surface area contributed by atoms with Crippen molar-refractivity contribution in [3.05, 3.63) is 0 Å². The summed E-state index contributed by atoms with van der Waals surface area (Å²) in [4.78, 5) is 17.9. The molecular weight excluding hydrogens is 426 g/mol. The van der Waals surface area contributed by atoms with Crippen molar-refractivity contribution in [2.24, 2.45) is 11.8 Å². The molecule has 9 nitrogen and oxygen atoms in total. The molecule has 0 spiro atoms. The van der Waals surface area contributed by atoms with Crippen molar-refractivity contribution in [2.45, 2.75) is 70.3 Å². The highest BCUT2D eigenvalue weighted by molar-refractivity contribution is 5.42. The van der Waals surface area contributed by atoms with Gasteiger partial charge >= 0.3 is 0 Å². The van der Waals surface area contributed by atoms with Crippen LogP contribution in [0.15, 0.2) is 0 Å². The normalized spacial score (nSPS) is 24.9. The average Bonchev–Trinajstić information content (AvgIpc) is 2.86. The van der Waals surface area contributed by atoms with Gasteiger partial charge in [0.15, 0.2) is 0 Å². The lowest BCUT2D eigenvalue weighted by Crippen LogP contribution is -2.45.